The molecule has 19 heavy (non-hydrogen) atoms. The third kappa shape index (κ3) is 3.58. The summed E-state index contributed by atoms with van der Waals surface area (Å²) in [5.74, 6) is 0.219. The zero-order valence-corrected chi connectivity index (χ0v) is 12.1. The minimum Gasteiger partial charge on any atom is -0.444 e. The van der Waals surface area contributed by atoms with Crippen molar-refractivity contribution in [3.8, 4) is 0 Å². The van der Waals surface area contributed by atoms with Crippen LogP contribution >= 0.6 is 0 Å². The summed E-state index contributed by atoms with van der Waals surface area (Å²) in [7, 11) is 0. The molecule has 1 aliphatic carbocycles. The topological polar surface area (TPSA) is 46.6 Å². The smallest absolute Gasteiger partial charge is 0.410 e. The molecule has 0 aromatic rings. The summed E-state index contributed by atoms with van der Waals surface area (Å²) in [5.41, 5.74) is -0.361. The second kappa shape index (κ2) is 4.99. The molecule has 1 saturated heterocycles. The number of nitrogens with zero attached hydrogens (tertiary/aromatic N) is 1. The average molecular weight is 265 g/mol. The zero-order chi connectivity index (χ0) is 14.1. The van der Waals surface area contributed by atoms with Gasteiger partial charge in [-0.05, 0) is 51.5 Å². The van der Waals surface area contributed by atoms with Crippen LogP contribution in [0.3, 0.4) is 0 Å². The second-order valence-electron chi connectivity index (χ2n) is 6.72. The Bertz CT molecular complexity index is 398. The second-order valence-corrected chi connectivity index (χ2v) is 6.72. The average Bonchev–Trinajstić information content (AvgIpc) is 2.27. The number of piperidine rings is 1. The maximum Gasteiger partial charge on any atom is 0.410 e. The van der Waals surface area contributed by atoms with E-state index in [-0.39, 0.29) is 17.3 Å². The number of carbonyl (C=O) groups is 2. The quantitative estimate of drug-likeness (QED) is 0.676. The summed E-state index contributed by atoms with van der Waals surface area (Å²) in [4.78, 5) is 25.3. The van der Waals surface area contributed by atoms with Gasteiger partial charge in [-0.3, -0.25) is 4.79 Å². The maximum atomic E-state index is 12.0. The van der Waals surface area contributed by atoms with Crippen LogP contribution in [-0.4, -0.2) is 35.5 Å². The van der Waals surface area contributed by atoms with Gasteiger partial charge in [0.25, 0.3) is 0 Å². The Morgan fingerprint density at radius 2 is 1.95 bits per heavy atom. The molecule has 4 heteroatoms. The van der Waals surface area contributed by atoms with Crippen LogP contribution in [-0.2, 0) is 9.53 Å². The van der Waals surface area contributed by atoms with Crippen molar-refractivity contribution in [1.29, 1.82) is 0 Å². The summed E-state index contributed by atoms with van der Waals surface area (Å²) in [6.45, 7) is 7.01. The standard InChI is InChI=1S/C15H23NO3/c1-14(2,3)19-13(18)16-9-7-15(8-10-16)6-4-5-12(17)11-15/h4-5H,6-11H2,1-3H3. The van der Waals surface area contributed by atoms with Gasteiger partial charge >= 0.3 is 6.09 Å². The number of ketones is 1. The lowest BCUT2D eigenvalue weighted by molar-refractivity contribution is -0.118. The molecule has 0 bridgehead atoms. The molecule has 0 unspecified atom stereocenters. The first kappa shape index (κ1) is 14.1. The molecule has 1 heterocycles. The Morgan fingerprint density at radius 3 is 2.47 bits per heavy atom. The highest BCUT2D eigenvalue weighted by Crippen LogP contribution is 2.41. The lowest BCUT2D eigenvalue weighted by Gasteiger charge is -2.42. The van der Waals surface area contributed by atoms with Gasteiger partial charge in [0.05, 0.1) is 0 Å². The largest absolute Gasteiger partial charge is 0.444 e. The van der Waals surface area contributed by atoms with Crippen molar-refractivity contribution in [2.75, 3.05) is 13.1 Å². The Kier molecular flexibility index (Phi) is 3.70. The molecule has 0 saturated carbocycles. The monoisotopic (exact) mass is 265 g/mol. The summed E-state index contributed by atoms with van der Waals surface area (Å²) >= 11 is 0. The van der Waals surface area contributed by atoms with E-state index in [1.165, 1.54) is 0 Å². The number of hydrogen-bond donors (Lipinski definition) is 0. The molecule has 1 fully saturated rings. The molecule has 4 nitrogen and oxygen atoms in total. The van der Waals surface area contributed by atoms with Crippen LogP contribution in [0, 0.1) is 5.41 Å². The van der Waals surface area contributed by atoms with E-state index >= 15 is 0 Å². The summed E-state index contributed by atoms with van der Waals surface area (Å²) < 4.78 is 5.38. The van der Waals surface area contributed by atoms with E-state index in [0.717, 1.165) is 19.3 Å². The fraction of sp³-hybridized carbons (Fsp3) is 0.733. The molecule has 0 radical (unpaired) electrons. The van der Waals surface area contributed by atoms with Crippen molar-refractivity contribution in [3.63, 3.8) is 0 Å². The number of carbonyl (C=O) groups excluding carboxylic acids is 2. The molecule has 2 rings (SSSR count). The first-order valence-electron chi connectivity index (χ1n) is 6.97. The van der Waals surface area contributed by atoms with Crippen LogP contribution in [0.15, 0.2) is 12.2 Å². The Balaban J connectivity index is 1.91. The van der Waals surface area contributed by atoms with Gasteiger partial charge < -0.3 is 9.64 Å². The van der Waals surface area contributed by atoms with Gasteiger partial charge in [0.2, 0.25) is 0 Å². The number of ether oxygens (including phenoxy) is 1. The molecule has 0 N–H and O–H groups in total. The molecular formula is C15H23NO3. The molecule has 0 aromatic carbocycles. The number of allylic oxidation sites excluding steroid dienone is 2. The first-order valence-corrected chi connectivity index (χ1v) is 6.97. The predicted octanol–water partition coefficient (Wildman–Crippen LogP) is 2.92. The predicted molar refractivity (Wildman–Crippen MR) is 72.9 cm³/mol. The zero-order valence-electron chi connectivity index (χ0n) is 12.1. The molecule has 0 aromatic heterocycles. The summed E-state index contributed by atoms with van der Waals surface area (Å²) in [6.07, 6.45) is 6.80. The van der Waals surface area contributed by atoms with E-state index in [9.17, 15) is 9.59 Å². The Morgan fingerprint density at radius 1 is 1.32 bits per heavy atom. The van der Waals surface area contributed by atoms with Gasteiger partial charge in [-0.2, -0.15) is 0 Å². The SMILES string of the molecule is CC(C)(C)OC(=O)N1CCC2(CC=CC(=O)C2)CC1. The fourth-order valence-electron chi connectivity index (χ4n) is 2.81. The van der Waals surface area contributed by atoms with Gasteiger partial charge in [0, 0.05) is 19.5 Å². The van der Waals surface area contributed by atoms with E-state index in [1.807, 2.05) is 26.8 Å². The lowest BCUT2D eigenvalue weighted by atomic mass is 9.70. The number of hydrogen-bond acceptors (Lipinski definition) is 3. The van der Waals surface area contributed by atoms with E-state index < -0.39 is 5.60 Å². The van der Waals surface area contributed by atoms with E-state index in [4.69, 9.17) is 4.74 Å². The van der Waals surface area contributed by atoms with E-state index in [1.54, 1.807) is 11.0 Å². The van der Waals surface area contributed by atoms with E-state index in [0.29, 0.717) is 19.5 Å². The molecular weight excluding hydrogens is 242 g/mol. The molecule has 2 aliphatic rings. The van der Waals surface area contributed by atoms with Crippen molar-refractivity contribution in [2.24, 2.45) is 5.41 Å². The fourth-order valence-corrected chi connectivity index (χ4v) is 2.81. The van der Waals surface area contributed by atoms with Crippen LogP contribution in [0.25, 0.3) is 0 Å². The third-order valence-corrected chi connectivity index (χ3v) is 3.88. The number of amides is 1. The van der Waals surface area contributed by atoms with Gasteiger partial charge in [-0.25, -0.2) is 4.79 Å². The highest BCUT2D eigenvalue weighted by atomic mass is 16.6. The molecule has 1 aliphatic heterocycles. The highest BCUT2D eigenvalue weighted by molar-refractivity contribution is 5.91. The lowest BCUT2D eigenvalue weighted by Crippen LogP contribution is -2.46. The first-order chi connectivity index (χ1) is 8.80. The van der Waals surface area contributed by atoms with Gasteiger partial charge in [0.1, 0.15) is 5.60 Å². The third-order valence-electron chi connectivity index (χ3n) is 3.88. The van der Waals surface area contributed by atoms with Gasteiger partial charge in [-0.15, -0.1) is 0 Å². The van der Waals surface area contributed by atoms with Gasteiger partial charge in [0.15, 0.2) is 5.78 Å². The molecule has 1 amide bonds. The van der Waals surface area contributed by atoms with Crippen LogP contribution in [0.2, 0.25) is 0 Å². The Hall–Kier alpha value is -1.32. The minimum atomic E-state index is -0.449. The summed E-state index contributed by atoms with van der Waals surface area (Å²) in [6, 6.07) is 0. The Labute approximate surface area is 114 Å². The normalized spacial score (nSPS) is 22.7. The van der Waals surface area contributed by atoms with Crippen molar-refractivity contribution >= 4 is 11.9 Å². The number of likely N-dealkylation sites (tertiary alicyclic amines) is 1. The maximum absolute atomic E-state index is 12.0. The summed E-state index contributed by atoms with van der Waals surface area (Å²) in [5, 5.41) is 0. The highest BCUT2D eigenvalue weighted by Gasteiger charge is 2.38. The number of rotatable bonds is 0. The van der Waals surface area contributed by atoms with Crippen LogP contribution in [0.1, 0.15) is 46.5 Å². The molecule has 106 valence electrons. The minimum absolute atomic E-state index is 0.0876. The molecule has 0 atom stereocenters. The van der Waals surface area contributed by atoms with Crippen LogP contribution < -0.4 is 0 Å². The van der Waals surface area contributed by atoms with Crippen molar-refractivity contribution in [1.82, 2.24) is 4.90 Å². The van der Waals surface area contributed by atoms with E-state index in [2.05, 4.69) is 0 Å². The van der Waals surface area contributed by atoms with Gasteiger partial charge in [-0.1, -0.05) is 6.08 Å². The van der Waals surface area contributed by atoms with Crippen molar-refractivity contribution < 1.29 is 14.3 Å². The van der Waals surface area contributed by atoms with Crippen molar-refractivity contribution in [2.45, 2.75) is 52.1 Å². The van der Waals surface area contributed by atoms with Crippen molar-refractivity contribution in [3.05, 3.63) is 12.2 Å². The molecule has 1 spiro atoms. The van der Waals surface area contributed by atoms with Crippen LogP contribution in [0.5, 0.6) is 0 Å². The van der Waals surface area contributed by atoms with Crippen LogP contribution in [0.4, 0.5) is 4.79 Å².